The number of aliphatic hydroxyl groups excluding tert-OH is 1. The molecular formula is C70H134NO17P. The number of carbonyl (C=O) groups excluding carboxylic acids is 1. The number of allylic oxidation sites excluding steroid dienone is 2. The lowest BCUT2D eigenvalue weighted by atomic mass is 9.95. The molecule has 2 fully saturated rings. The number of nitrogens with one attached hydrogen (secondary N) is 1. The molecule has 0 saturated carbocycles. The van der Waals surface area contributed by atoms with E-state index in [1.165, 1.54) is 129 Å². The second kappa shape index (κ2) is 56.7. The number of carbonyl (C=O) groups is 2. The molecule has 18 nitrogen and oxygen atoms in total. The fourth-order valence-corrected chi connectivity index (χ4v) is 12.7. The van der Waals surface area contributed by atoms with E-state index in [0.29, 0.717) is 26.1 Å². The minimum absolute atomic E-state index is 0.0824. The third-order valence-corrected chi connectivity index (χ3v) is 18.0. The highest BCUT2D eigenvalue weighted by atomic mass is 31.2. The van der Waals surface area contributed by atoms with Crippen molar-refractivity contribution in [2.45, 2.75) is 371 Å². The molecule has 19 heteroatoms. The molecule has 0 radical (unpaired) electrons. The largest absolute Gasteiger partial charge is 0.480 e. The van der Waals surface area contributed by atoms with Crippen molar-refractivity contribution in [3.63, 3.8) is 0 Å². The molecule has 2 heterocycles. The van der Waals surface area contributed by atoms with Crippen molar-refractivity contribution in [3.05, 3.63) is 12.2 Å². The number of aliphatic carboxylic acids is 1. The summed E-state index contributed by atoms with van der Waals surface area (Å²) >= 11 is 0. The number of phosphoric ester groups is 1. The lowest BCUT2D eigenvalue weighted by molar-refractivity contribution is -0.330. The van der Waals surface area contributed by atoms with E-state index in [1.807, 2.05) is 0 Å². The lowest BCUT2D eigenvalue weighted by Gasteiger charge is -2.47. The summed E-state index contributed by atoms with van der Waals surface area (Å²) in [5.41, 5.74) is 0. The zero-order valence-corrected chi connectivity index (χ0v) is 58.1. The van der Waals surface area contributed by atoms with Crippen LogP contribution in [0.25, 0.3) is 0 Å². The number of rotatable bonds is 63. The van der Waals surface area contributed by atoms with Crippen LogP contribution in [0.3, 0.4) is 0 Å². The van der Waals surface area contributed by atoms with Crippen LogP contribution in [0.15, 0.2) is 12.2 Å². The zero-order chi connectivity index (χ0) is 64.8. The Hall–Kier alpha value is -1.61. The third-order valence-electron chi connectivity index (χ3n) is 17.5. The van der Waals surface area contributed by atoms with Crippen molar-refractivity contribution in [2.24, 2.45) is 0 Å². The van der Waals surface area contributed by atoms with Gasteiger partial charge < -0.3 is 67.9 Å². The second-order valence-electron chi connectivity index (χ2n) is 25.5. The Bertz CT molecular complexity index is 1710. The number of amides is 1. The van der Waals surface area contributed by atoms with Crippen LogP contribution in [-0.2, 0) is 61.3 Å². The van der Waals surface area contributed by atoms with E-state index in [-0.39, 0.29) is 38.3 Å². The summed E-state index contributed by atoms with van der Waals surface area (Å²) in [5, 5.41) is 25.3. The maximum absolute atomic E-state index is 14.2. The smallest absolute Gasteiger partial charge is 0.470 e. The number of hydrogen-bond donors (Lipinski definition) is 5. The van der Waals surface area contributed by atoms with E-state index in [1.54, 1.807) is 7.11 Å². The lowest BCUT2D eigenvalue weighted by Crippen LogP contribution is -2.67. The molecule has 0 bridgehead atoms. The summed E-state index contributed by atoms with van der Waals surface area (Å²) in [4.78, 5) is 47.0. The van der Waals surface area contributed by atoms with Crippen LogP contribution in [-0.4, -0.2) is 153 Å². The first-order valence-corrected chi connectivity index (χ1v) is 37.9. The molecule has 0 aromatic carbocycles. The highest BCUT2D eigenvalue weighted by molar-refractivity contribution is 7.46. The van der Waals surface area contributed by atoms with Gasteiger partial charge in [0, 0.05) is 40.5 Å². The van der Waals surface area contributed by atoms with Gasteiger partial charge in [-0.25, -0.2) is 9.36 Å². The Morgan fingerprint density at radius 2 is 0.921 bits per heavy atom. The molecule has 0 aliphatic carbocycles. The van der Waals surface area contributed by atoms with Gasteiger partial charge in [-0.05, 0) is 57.8 Å². The Labute approximate surface area is 541 Å². The highest BCUT2D eigenvalue weighted by Crippen LogP contribution is 2.43. The van der Waals surface area contributed by atoms with E-state index in [4.69, 9.17) is 47.2 Å². The average Bonchev–Trinajstić information content (AvgIpc) is 1.05. The van der Waals surface area contributed by atoms with Crippen LogP contribution in [0.2, 0.25) is 0 Å². The standard InChI is InChI=1S/C70H134NO17P/c1-7-11-15-19-22-25-28-30-31-32-33-35-38-42-46-50-61(72)71-63-66(83-54-51-58(80-6)49-45-41-18-14-10-4)65(88-89(76,77)78)60(55-79-5)87-69(63)84-56-59-64(75)67(81-52-47-43-39-36-27-24-21-17-13-9-3)68(70(86-59)85-57-62(73)74)82-53-48-44-40-37-34-29-26-23-20-16-12-8-2/h25,28,58-60,63-70,75H,7-24,26-27,29-57H2,1-6H3,(H,71,72)(H,73,74)(H2,76,77,78)/b28-25+/t58?,59-,60-,63-,64-,65-,66-,67+,68-,69-,70+/m1/s1. The number of hydrogen-bond acceptors (Lipinski definition) is 14. The maximum atomic E-state index is 14.2. The number of aliphatic hydroxyl groups is 1. The maximum Gasteiger partial charge on any atom is 0.470 e. The predicted octanol–water partition coefficient (Wildman–Crippen LogP) is 16.1. The van der Waals surface area contributed by atoms with Crippen LogP contribution in [0.4, 0.5) is 0 Å². The van der Waals surface area contributed by atoms with Gasteiger partial charge in [0.2, 0.25) is 5.91 Å². The summed E-state index contributed by atoms with van der Waals surface area (Å²) in [6, 6.07) is -1.19. The van der Waals surface area contributed by atoms with Gasteiger partial charge in [-0.2, -0.15) is 0 Å². The van der Waals surface area contributed by atoms with Gasteiger partial charge in [-0.3, -0.25) is 9.32 Å². The zero-order valence-electron chi connectivity index (χ0n) is 57.2. The van der Waals surface area contributed by atoms with E-state index in [2.05, 4.69) is 45.2 Å². The molecule has 0 spiro atoms. The molecule has 2 saturated heterocycles. The second-order valence-corrected chi connectivity index (χ2v) is 26.7. The van der Waals surface area contributed by atoms with Gasteiger partial charge >= 0.3 is 13.8 Å². The number of phosphoric acid groups is 1. The average molecular weight is 1290 g/mol. The first-order valence-electron chi connectivity index (χ1n) is 36.3. The molecule has 526 valence electrons. The van der Waals surface area contributed by atoms with Gasteiger partial charge in [0.15, 0.2) is 12.6 Å². The van der Waals surface area contributed by atoms with Crippen molar-refractivity contribution in [1.82, 2.24) is 5.32 Å². The molecule has 1 unspecified atom stereocenters. The Kier molecular flexibility index (Phi) is 53.2. The molecule has 2 rings (SSSR count). The normalized spacial score (nSPS) is 22.8. The van der Waals surface area contributed by atoms with E-state index in [0.717, 1.165) is 135 Å². The number of carboxylic acid groups (broad SMARTS) is 1. The molecule has 2 aliphatic heterocycles. The SMILES string of the molecule is CCCCCC/C=C/CCCCCCCCCC(=O)N[C@H]1[C@H](OC[C@H]2O[C@H](OCC(=O)O)[C@H](OCCCCCCCCCCCCCC)[C@@H](OCCCCCCCCCCCC)[C@@H]2O)O[C@H](COC)[C@@H](OP(=O)(O)O)[C@@H]1OCCC(CCCCCCC)OC. The summed E-state index contributed by atoms with van der Waals surface area (Å²) < 4.78 is 74.9. The van der Waals surface area contributed by atoms with Crippen molar-refractivity contribution >= 4 is 19.7 Å². The molecule has 89 heavy (non-hydrogen) atoms. The Balaban J connectivity index is 2.38. The topological polar surface area (TPSA) is 236 Å². The fourth-order valence-electron chi connectivity index (χ4n) is 12.1. The van der Waals surface area contributed by atoms with Crippen LogP contribution < -0.4 is 5.32 Å². The summed E-state index contributed by atoms with van der Waals surface area (Å²) in [5.74, 6) is -1.55. The van der Waals surface area contributed by atoms with Crippen LogP contribution in [0.1, 0.15) is 304 Å². The summed E-state index contributed by atoms with van der Waals surface area (Å²) in [7, 11) is -2.12. The van der Waals surface area contributed by atoms with Crippen LogP contribution in [0.5, 0.6) is 0 Å². The monoisotopic (exact) mass is 1290 g/mol. The number of carboxylic acids is 1. The van der Waals surface area contributed by atoms with Crippen molar-refractivity contribution in [1.29, 1.82) is 0 Å². The summed E-state index contributed by atoms with van der Waals surface area (Å²) in [6.45, 7) is 8.34. The molecule has 0 aromatic heterocycles. The van der Waals surface area contributed by atoms with Gasteiger partial charge in [0.1, 0.15) is 55.4 Å². The number of unbranched alkanes of at least 4 members (excludes halogenated alkanes) is 35. The van der Waals surface area contributed by atoms with Gasteiger partial charge in [0.25, 0.3) is 0 Å². The molecule has 0 aromatic rings. The van der Waals surface area contributed by atoms with Gasteiger partial charge in [-0.1, -0.05) is 252 Å². The Morgan fingerprint density at radius 1 is 0.483 bits per heavy atom. The van der Waals surface area contributed by atoms with E-state index < -0.39 is 81.7 Å². The molecule has 11 atom stereocenters. The van der Waals surface area contributed by atoms with Crippen molar-refractivity contribution < 1.29 is 81.3 Å². The summed E-state index contributed by atoms with van der Waals surface area (Å²) in [6.07, 6.45) is 40.2. The van der Waals surface area contributed by atoms with Crippen molar-refractivity contribution in [2.75, 3.05) is 53.9 Å². The van der Waals surface area contributed by atoms with Gasteiger partial charge in [0.05, 0.1) is 19.3 Å². The van der Waals surface area contributed by atoms with Crippen LogP contribution in [0, 0.1) is 0 Å². The quantitative estimate of drug-likeness (QED) is 0.0216. The highest BCUT2D eigenvalue weighted by Gasteiger charge is 2.53. The van der Waals surface area contributed by atoms with Crippen molar-refractivity contribution in [3.8, 4) is 0 Å². The predicted molar refractivity (Wildman–Crippen MR) is 354 cm³/mol. The molecular weight excluding hydrogens is 1160 g/mol. The first kappa shape index (κ1) is 83.5. The first-order chi connectivity index (χ1) is 43.3. The Morgan fingerprint density at radius 3 is 1.40 bits per heavy atom. The number of ether oxygens (including phenoxy) is 9. The van der Waals surface area contributed by atoms with E-state index >= 15 is 0 Å². The molecule has 2 aliphatic rings. The van der Waals surface area contributed by atoms with Crippen LogP contribution >= 0.6 is 7.82 Å². The number of methoxy groups -OCH3 is 2. The van der Waals surface area contributed by atoms with E-state index in [9.17, 15) is 34.2 Å². The van der Waals surface area contributed by atoms with Gasteiger partial charge in [-0.15, -0.1) is 0 Å². The molecule has 1 amide bonds. The molecule has 5 N–H and O–H groups in total. The fraction of sp³-hybridized carbons (Fsp3) is 0.943. The minimum atomic E-state index is -5.20. The minimum Gasteiger partial charge on any atom is -0.480 e. The third kappa shape index (κ3) is 42.4.